The summed E-state index contributed by atoms with van der Waals surface area (Å²) in [5.41, 5.74) is 2.32. The van der Waals surface area contributed by atoms with E-state index in [4.69, 9.17) is 14.2 Å². The van der Waals surface area contributed by atoms with Crippen molar-refractivity contribution in [1.29, 1.82) is 0 Å². The first-order valence-electron chi connectivity index (χ1n) is 10.1. The van der Waals surface area contributed by atoms with Gasteiger partial charge in [-0.2, -0.15) is 25.3 Å². The molecule has 0 aliphatic carbocycles. The molecule has 4 rings (SSSR count). The van der Waals surface area contributed by atoms with Gasteiger partial charge in [-0.05, 0) is 60.7 Å². The lowest BCUT2D eigenvalue weighted by atomic mass is 10.1. The molecule has 0 bridgehead atoms. The minimum atomic E-state index is 0.634. The monoisotopic (exact) mass is 432 g/mol. The number of fused-ring (bicyclic) bond motifs is 2. The van der Waals surface area contributed by atoms with Crippen LogP contribution in [0.4, 0.5) is 0 Å². The number of nitrogens with zero attached hydrogens (tertiary/aromatic N) is 2. The van der Waals surface area contributed by atoms with Gasteiger partial charge in [0.2, 0.25) is 0 Å². The maximum atomic E-state index is 6.17. The van der Waals surface area contributed by atoms with Crippen LogP contribution in [0.15, 0.2) is 36.4 Å². The Hall–Kier alpha value is -1.54. The summed E-state index contributed by atoms with van der Waals surface area (Å²) < 4.78 is 17.9. The molecule has 0 unspecified atom stereocenters. The quantitative estimate of drug-likeness (QED) is 0.604. The molecule has 2 aromatic carbocycles. The maximum Gasteiger partial charge on any atom is 0.142 e. The summed E-state index contributed by atoms with van der Waals surface area (Å²) in [6.45, 7) is 4.99. The Morgan fingerprint density at radius 3 is 1.69 bits per heavy atom. The highest BCUT2D eigenvalue weighted by Crippen LogP contribution is 2.34. The van der Waals surface area contributed by atoms with E-state index >= 15 is 0 Å². The molecule has 5 nitrogen and oxygen atoms in total. The summed E-state index contributed by atoms with van der Waals surface area (Å²) >= 11 is 8.60. The molecule has 2 aliphatic heterocycles. The molecule has 2 aromatic rings. The number of benzene rings is 2. The van der Waals surface area contributed by atoms with Crippen molar-refractivity contribution in [2.75, 3.05) is 38.1 Å². The lowest BCUT2D eigenvalue weighted by molar-refractivity contribution is 0.0954. The third kappa shape index (κ3) is 5.34. The highest BCUT2D eigenvalue weighted by Gasteiger charge is 2.19. The number of ether oxygens (including phenoxy) is 3. The molecular formula is C22H28N2O3S2. The van der Waals surface area contributed by atoms with Crippen LogP contribution >= 0.6 is 25.3 Å². The van der Waals surface area contributed by atoms with E-state index in [9.17, 15) is 0 Å². The van der Waals surface area contributed by atoms with E-state index in [-0.39, 0.29) is 0 Å². The van der Waals surface area contributed by atoms with E-state index in [1.807, 2.05) is 24.3 Å². The molecule has 0 atom stereocenters. The Labute approximate surface area is 183 Å². The molecule has 0 radical (unpaired) electrons. The van der Waals surface area contributed by atoms with Gasteiger partial charge in [0.05, 0.1) is 0 Å². The summed E-state index contributed by atoms with van der Waals surface area (Å²) in [4.78, 5) is 4.58. The van der Waals surface area contributed by atoms with Crippen molar-refractivity contribution < 1.29 is 14.2 Å². The third-order valence-corrected chi connectivity index (χ3v) is 5.79. The van der Waals surface area contributed by atoms with Crippen LogP contribution in [0.1, 0.15) is 24.0 Å². The summed E-state index contributed by atoms with van der Waals surface area (Å²) in [7, 11) is 0. The Morgan fingerprint density at radius 1 is 0.759 bits per heavy atom. The predicted molar refractivity (Wildman–Crippen MR) is 122 cm³/mol. The summed E-state index contributed by atoms with van der Waals surface area (Å²) in [5, 5.41) is 0. The maximum absolute atomic E-state index is 6.17. The Bertz CT molecular complexity index is 766. The number of hydrogen-bond donors (Lipinski definition) is 2. The molecule has 7 heteroatoms. The van der Waals surface area contributed by atoms with Crippen LogP contribution in [0.2, 0.25) is 0 Å². The first kappa shape index (κ1) is 20.7. The zero-order valence-corrected chi connectivity index (χ0v) is 18.3. The predicted octanol–water partition coefficient (Wildman–Crippen LogP) is 4.42. The molecule has 0 saturated carbocycles. The average molecular weight is 433 g/mol. The van der Waals surface area contributed by atoms with Crippen molar-refractivity contribution in [3.8, 4) is 23.0 Å². The first-order chi connectivity index (χ1) is 14.2. The van der Waals surface area contributed by atoms with E-state index in [2.05, 4.69) is 47.2 Å². The van der Waals surface area contributed by atoms with E-state index < -0.39 is 0 Å². The smallest absolute Gasteiger partial charge is 0.142 e. The fourth-order valence-corrected chi connectivity index (χ4v) is 3.96. The SMILES string of the molecule is SCCCN1COc2ccc(Oc3ccc4c(c3)CN(CCCS)CO4)cc2C1. The van der Waals surface area contributed by atoms with Crippen LogP contribution in [-0.2, 0) is 13.1 Å². The fourth-order valence-electron chi connectivity index (χ4n) is 3.67. The molecule has 0 aromatic heterocycles. The minimum Gasteiger partial charge on any atom is -0.478 e. The van der Waals surface area contributed by atoms with Gasteiger partial charge in [0, 0.05) is 37.3 Å². The van der Waals surface area contributed by atoms with Gasteiger partial charge in [-0.15, -0.1) is 0 Å². The van der Waals surface area contributed by atoms with Crippen LogP contribution in [0.25, 0.3) is 0 Å². The fraction of sp³-hybridized carbons (Fsp3) is 0.455. The van der Waals surface area contributed by atoms with Gasteiger partial charge in [-0.3, -0.25) is 9.80 Å². The zero-order valence-electron chi connectivity index (χ0n) is 16.5. The summed E-state index contributed by atoms with van der Waals surface area (Å²) in [6, 6.07) is 12.1. The standard InChI is InChI=1S/C22H28N2O3S2/c28-9-1-7-23-13-17-11-19(3-5-21(17)25-15-23)27-20-4-6-22-18(12-20)14-24(16-26-22)8-2-10-29/h3-6,11-12,28-29H,1-2,7-10,13-16H2. The van der Waals surface area contributed by atoms with E-state index in [1.54, 1.807) is 0 Å². The Balaban J connectivity index is 1.44. The molecule has 29 heavy (non-hydrogen) atoms. The second-order valence-electron chi connectivity index (χ2n) is 7.45. The summed E-state index contributed by atoms with van der Waals surface area (Å²) in [5.74, 6) is 5.32. The average Bonchev–Trinajstić information content (AvgIpc) is 2.75. The molecule has 156 valence electrons. The lowest BCUT2D eigenvalue weighted by Gasteiger charge is -2.29. The Morgan fingerprint density at radius 2 is 1.24 bits per heavy atom. The van der Waals surface area contributed by atoms with Crippen molar-refractivity contribution in [2.45, 2.75) is 25.9 Å². The molecule has 0 fully saturated rings. The lowest BCUT2D eigenvalue weighted by Crippen LogP contribution is -2.33. The molecule has 0 saturated heterocycles. The molecule has 2 aliphatic rings. The van der Waals surface area contributed by atoms with Gasteiger partial charge in [-0.25, -0.2) is 0 Å². The molecular weight excluding hydrogens is 404 g/mol. The van der Waals surface area contributed by atoms with Gasteiger partial charge in [-0.1, -0.05) is 0 Å². The van der Waals surface area contributed by atoms with Crippen molar-refractivity contribution >= 4 is 25.3 Å². The molecule has 0 amide bonds. The van der Waals surface area contributed by atoms with Gasteiger partial charge < -0.3 is 14.2 Å². The van der Waals surface area contributed by atoms with E-state index in [0.717, 1.165) is 84.7 Å². The van der Waals surface area contributed by atoms with Crippen LogP contribution in [0, 0.1) is 0 Å². The normalized spacial score (nSPS) is 16.5. The van der Waals surface area contributed by atoms with Gasteiger partial charge in [0.25, 0.3) is 0 Å². The Kier molecular flexibility index (Phi) is 7.13. The molecule has 2 heterocycles. The minimum absolute atomic E-state index is 0.634. The number of thiol groups is 2. The number of hydrogen-bond acceptors (Lipinski definition) is 7. The molecule has 0 spiro atoms. The van der Waals surface area contributed by atoms with Gasteiger partial charge in [0.1, 0.15) is 36.5 Å². The summed E-state index contributed by atoms with van der Waals surface area (Å²) in [6.07, 6.45) is 2.11. The first-order valence-corrected chi connectivity index (χ1v) is 11.4. The van der Waals surface area contributed by atoms with Crippen molar-refractivity contribution in [3.63, 3.8) is 0 Å². The van der Waals surface area contributed by atoms with Gasteiger partial charge >= 0.3 is 0 Å². The van der Waals surface area contributed by atoms with E-state index in [1.165, 1.54) is 0 Å². The van der Waals surface area contributed by atoms with Crippen LogP contribution in [0.3, 0.4) is 0 Å². The highest BCUT2D eigenvalue weighted by molar-refractivity contribution is 7.80. The van der Waals surface area contributed by atoms with Crippen molar-refractivity contribution in [2.24, 2.45) is 0 Å². The zero-order chi connectivity index (χ0) is 20.1. The second-order valence-corrected chi connectivity index (χ2v) is 8.34. The van der Waals surface area contributed by atoms with Crippen molar-refractivity contribution in [1.82, 2.24) is 9.80 Å². The van der Waals surface area contributed by atoms with Crippen molar-refractivity contribution in [3.05, 3.63) is 47.5 Å². The third-order valence-electron chi connectivity index (χ3n) is 5.16. The second kappa shape index (κ2) is 9.98. The van der Waals surface area contributed by atoms with Crippen LogP contribution in [-0.4, -0.2) is 47.9 Å². The molecule has 0 N–H and O–H groups in total. The van der Waals surface area contributed by atoms with Crippen LogP contribution < -0.4 is 14.2 Å². The van der Waals surface area contributed by atoms with Gasteiger partial charge in [0.15, 0.2) is 0 Å². The highest BCUT2D eigenvalue weighted by atomic mass is 32.1. The largest absolute Gasteiger partial charge is 0.478 e. The topological polar surface area (TPSA) is 34.2 Å². The van der Waals surface area contributed by atoms with Crippen LogP contribution in [0.5, 0.6) is 23.0 Å². The number of rotatable bonds is 8. The van der Waals surface area contributed by atoms with E-state index in [0.29, 0.717) is 13.5 Å².